The Morgan fingerprint density at radius 3 is 1.76 bits per heavy atom. The van der Waals surface area contributed by atoms with Crippen LogP contribution in [0.1, 0.15) is 46.9 Å². The van der Waals surface area contributed by atoms with E-state index >= 15 is 0 Å². The van der Waals surface area contributed by atoms with Crippen LogP contribution in [0.4, 0.5) is 0 Å². The van der Waals surface area contributed by atoms with E-state index < -0.39 is 11.9 Å². The molecule has 2 rings (SSSR count). The number of aryl methyl sites for hydroxylation is 2. The molecule has 0 amide bonds. The average molecular weight is 410 g/mol. The predicted molar refractivity (Wildman–Crippen MR) is 110 cm³/mol. The highest BCUT2D eigenvalue weighted by Gasteiger charge is 2.22. The molecule has 0 aliphatic carbocycles. The quantitative estimate of drug-likeness (QED) is 0.702. The van der Waals surface area contributed by atoms with Crippen LogP contribution in [0.15, 0.2) is 33.5 Å². The number of benzene rings is 1. The number of hydrogen-bond acceptors (Lipinski definition) is 8. The topological polar surface area (TPSA) is 101 Å². The van der Waals surface area contributed by atoms with Crippen molar-refractivity contribution in [1.29, 1.82) is 0 Å². The third-order valence-corrected chi connectivity index (χ3v) is 3.44. The van der Waals surface area contributed by atoms with E-state index in [1.807, 2.05) is 0 Å². The Bertz CT molecular complexity index is 867. The van der Waals surface area contributed by atoms with Gasteiger partial charge in [-0.25, -0.2) is 14.4 Å². The molecule has 0 bridgehead atoms. The van der Waals surface area contributed by atoms with E-state index in [0.29, 0.717) is 22.8 Å². The maximum atomic E-state index is 11.6. The number of rotatable bonds is 4. The van der Waals surface area contributed by atoms with Crippen LogP contribution >= 0.6 is 0 Å². The van der Waals surface area contributed by atoms with Crippen LogP contribution < -0.4 is 15.1 Å². The third-order valence-electron chi connectivity index (χ3n) is 3.44. The summed E-state index contributed by atoms with van der Waals surface area (Å²) in [7, 11) is 5.49. The average Bonchev–Trinajstić information content (AvgIpc) is 2.65. The Hall–Kier alpha value is -3.29. The second kappa shape index (κ2) is 13.0. The van der Waals surface area contributed by atoms with Crippen molar-refractivity contribution in [3.63, 3.8) is 0 Å². The van der Waals surface area contributed by atoms with Crippen molar-refractivity contribution in [2.24, 2.45) is 0 Å². The summed E-state index contributed by atoms with van der Waals surface area (Å²) < 4.78 is 23.8. The molecular weight excluding hydrogens is 380 g/mol. The molecule has 1 aromatic carbocycles. The van der Waals surface area contributed by atoms with Crippen molar-refractivity contribution in [2.75, 3.05) is 28.4 Å². The van der Waals surface area contributed by atoms with Crippen LogP contribution in [0.3, 0.4) is 0 Å². The molecule has 1 aromatic heterocycles. The summed E-state index contributed by atoms with van der Waals surface area (Å²) in [4.78, 5) is 33.8. The van der Waals surface area contributed by atoms with Gasteiger partial charge in [-0.05, 0) is 31.5 Å². The lowest BCUT2D eigenvalue weighted by Crippen LogP contribution is -2.13. The van der Waals surface area contributed by atoms with Gasteiger partial charge < -0.3 is 23.4 Å². The summed E-state index contributed by atoms with van der Waals surface area (Å²) in [6, 6.07) is 6.05. The van der Waals surface area contributed by atoms with E-state index in [0.717, 1.165) is 0 Å². The van der Waals surface area contributed by atoms with E-state index in [9.17, 15) is 14.4 Å². The summed E-state index contributed by atoms with van der Waals surface area (Å²) in [6.45, 7) is 3.39. The van der Waals surface area contributed by atoms with Gasteiger partial charge in [-0.2, -0.15) is 0 Å². The smallest absolute Gasteiger partial charge is 0.339 e. The minimum Gasteiger partial charge on any atom is -0.497 e. The molecule has 1 heterocycles. The third kappa shape index (κ3) is 7.69. The molecule has 0 N–H and O–H groups in total. The van der Waals surface area contributed by atoms with Crippen molar-refractivity contribution in [1.82, 2.24) is 0 Å². The maximum Gasteiger partial charge on any atom is 0.339 e. The predicted octanol–water partition coefficient (Wildman–Crippen LogP) is 3.81. The Kier molecular flexibility index (Phi) is 12.5. The summed E-state index contributed by atoms with van der Waals surface area (Å²) in [5.41, 5.74) is 0.546. The largest absolute Gasteiger partial charge is 0.497 e. The van der Waals surface area contributed by atoms with Crippen LogP contribution in [0, 0.1) is 13.8 Å². The Morgan fingerprint density at radius 2 is 1.31 bits per heavy atom. The number of methoxy groups -OCH3 is 4. The fourth-order valence-corrected chi connectivity index (χ4v) is 2.21. The van der Waals surface area contributed by atoms with Crippen molar-refractivity contribution in [2.45, 2.75) is 28.7 Å². The maximum absolute atomic E-state index is 11.6. The second-order valence-corrected chi connectivity index (χ2v) is 5.28. The van der Waals surface area contributed by atoms with Crippen molar-refractivity contribution in [3.8, 4) is 11.5 Å². The zero-order valence-corrected chi connectivity index (χ0v) is 16.1. The fourth-order valence-electron chi connectivity index (χ4n) is 2.21. The first-order chi connectivity index (χ1) is 12.8. The minimum absolute atomic E-state index is 0. The van der Waals surface area contributed by atoms with Gasteiger partial charge in [-0.15, -0.1) is 0 Å². The Morgan fingerprint density at radius 1 is 0.793 bits per heavy atom. The van der Waals surface area contributed by atoms with Gasteiger partial charge in [-0.3, -0.25) is 0 Å². The highest BCUT2D eigenvalue weighted by atomic mass is 16.5. The van der Waals surface area contributed by atoms with Gasteiger partial charge in [0.05, 0.1) is 45.6 Å². The number of hydrogen-bond donors (Lipinski definition) is 0. The van der Waals surface area contributed by atoms with Crippen molar-refractivity contribution < 1.29 is 33.0 Å². The number of esters is 2. The van der Waals surface area contributed by atoms with E-state index in [2.05, 4.69) is 13.9 Å². The molecule has 0 spiro atoms. The molecule has 2 aromatic rings. The lowest BCUT2D eigenvalue weighted by molar-refractivity contribution is 0.0554. The van der Waals surface area contributed by atoms with Gasteiger partial charge in [0.2, 0.25) is 0 Å². The van der Waals surface area contributed by atoms with E-state index in [1.165, 1.54) is 40.6 Å². The minimum atomic E-state index is -0.604. The molecule has 0 aliphatic rings. The zero-order chi connectivity index (χ0) is 20.6. The molecule has 8 nitrogen and oxygen atoms in total. The summed E-state index contributed by atoms with van der Waals surface area (Å²) in [6.07, 6.45) is 0. The van der Waals surface area contributed by atoms with Crippen molar-refractivity contribution in [3.05, 3.63) is 57.1 Å². The zero-order valence-electron chi connectivity index (χ0n) is 16.1. The Balaban J connectivity index is 0. The van der Waals surface area contributed by atoms with Gasteiger partial charge in [0.1, 0.15) is 17.3 Å². The molecule has 29 heavy (non-hydrogen) atoms. The monoisotopic (exact) mass is 410 g/mol. The number of carbonyl (C=O) groups excluding carboxylic acids is 2. The SMILES string of the molecule is C.C.COC(=O)c1cc(OC)cc(C)c1C(=O)OC.COc1cc(C)oc(=O)c1. The first-order valence-corrected chi connectivity index (χ1v) is 7.78. The molecule has 0 atom stereocenters. The number of ether oxygens (including phenoxy) is 4. The molecular formula is C21H30O8. The summed E-state index contributed by atoms with van der Waals surface area (Å²) >= 11 is 0. The summed E-state index contributed by atoms with van der Waals surface area (Å²) in [5, 5.41) is 0. The lowest BCUT2D eigenvalue weighted by Gasteiger charge is -2.11. The molecule has 0 fully saturated rings. The molecule has 0 unspecified atom stereocenters. The van der Waals surface area contributed by atoms with Gasteiger partial charge in [0, 0.05) is 6.07 Å². The van der Waals surface area contributed by atoms with E-state index in [4.69, 9.17) is 9.47 Å². The molecule has 0 radical (unpaired) electrons. The van der Waals surface area contributed by atoms with E-state index in [-0.39, 0.29) is 31.6 Å². The second-order valence-electron chi connectivity index (χ2n) is 5.28. The highest BCUT2D eigenvalue weighted by Crippen LogP contribution is 2.23. The highest BCUT2D eigenvalue weighted by molar-refractivity contribution is 6.04. The van der Waals surface area contributed by atoms with Crippen molar-refractivity contribution >= 4 is 11.9 Å². The van der Waals surface area contributed by atoms with Crippen LogP contribution in [0.2, 0.25) is 0 Å². The van der Waals surface area contributed by atoms with Crippen LogP contribution in [-0.4, -0.2) is 40.4 Å². The standard InChI is InChI=1S/C12H14O5.C7H8O3.2CH4/c1-7-5-8(15-2)6-9(11(13)16-3)10(7)12(14)17-4;1-5-3-6(9-2)4-7(8)10-5;;/h5-6H,1-4H3;3-4H,1-2H3;2*1H4. The number of carbonyl (C=O) groups is 2. The molecule has 8 heteroatoms. The lowest BCUT2D eigenvalue weighted by atomic mass is 10.0. The Labute approximate surface area is 171 Å². The van der Waals surface area contributed by atoms with Gasteiger partial charge in [0.25, 0.3) is 0 Å². The molecule has 0 aliphatic heterocycles. The van der Waals surface area contributed by atoms with E-state index in [1.54, 1.807) is 26.0 Å². The molecule has 162 valence electrons. The fraction of sp³-hybridized carbons (Fsp3) is 0.381. The van der Waals surface area contributed by atoms with Gasteiger partial charge >= 0.3 is 17.6 Å². The first kappa shape index (κ1) is 27.9. The van der Waals surface area contributed by atoms with Gasteiger partial charge in [-0.1, -0.05) is 14.9 Å². The molecule has 0 saturated carbocycles. The van der Waals surface area contributed by atoms with Crippen LogP contribution in [0.5, 0.6) is 11.5 Å². The van der Waals surface area contributed by atoms with Gasteiger partial charge in [0.15, 0.2) is 0 Å². The molecule has 0 saturated heterocycles. The van der Waals surface area contributed by atoms with Crippen LogP contribution in [-0.2, 0) is 9.47 Å². The normalized spacial score (nSPS) is 8.90. The first-order valence-electron chi connectivity index (χ1n) is 7.78. The van der Waals surface area contributed by atoms with Crippen LogP contribution in [0.25, 0.3) is 0 Å². The summed E-state index contributed by atoms with van der Waals surface area (Å²) in [5.74, 6) is 0.395.